The van der Waals surface area contributed by atoms with Crippen LogP contribution < -0.4 is 9.75 Å². The Morgan fingerprint density at radius 3 is 2.55 bits per heavy atom. The number of carboxylic acid groups (broad SMARTS) is 1. The molecule has 0 aromatic heterocycles. The van der Waals surface area contributed by atoms with Crippen molar-refractivity contribution in [3.05, 3.63) is 101 Å². The van der Waals surface area contributed by atoms with Gasteiger partial charge in [-0.15, -0.1) is 0 Å². The quantitative estimate of drug-likeness (QED) is 0.592. The minimum absolute atomic E-state index is 0.0928. The standard InChI is InChI=1S/C25H20N2O4/c1-17-22(24(28)27(26-17)21-12-7-11-20(14-21)25(29)30)15-19-10-5-6-13-23(19)31-16-18-8-3-2-4-9-18/h2-15H,16H2,1H3,(H,29,30)/b22-15-. The predicted molar refractivity (Wildman–Crippen MR) is 119 cm³/mol. The maximum Gasteiger partial charge on any atom is 0.335 e. The average Bonchev–Trinajstić information content (AvgIpc) is 3.07. The van der Waals surface area contributed by atoms with Gasteiger partial charge in [0.1, 0.15) is 12.4 Å². The van der Waals surface area contributed by atoms with E-state index >= 15 is 0 Å². The molecular formula is C25H20N2O4. The number of para-hydroxylation sites is 1. The first-order valence-corrected chi connectivity index (χ1v) is 9.74. The first kappa shape index (κ1) is 20.1. The lowest BCUT2D eigenvalue weighted by molar-refractivity contribution is -0.114. The number of carboxylic acids is 1. The fourth-order valence-corrected chi connectivity index (χ4v) is 3.25. The van der Waals surface area contributed by atoms with Gasteiger partial charge in [-0.05, 0) is 42.8 Å². The molecule has 0 fully saturated rings. The Balaban J connectivity index is 1.60. The SMILES string of the molecule is CC1=NN(c2cccc(C(=O)O)c2)C(=O)/C1=C\c1ccccc1OCc1ccccc1. The molecule has 6 nitrogen and oxygen atoms in total. The van der Waals surface area contributed by atoms with Gasteiger partial charge < -0.3 is 9.84 Å². The van der Waals surface area contributed by atoms with Crippen molar-refractivity contribution in [2.24, 2.45) is 5.10 Å². The van der Waals surface area contributed by atoms with Crippen LogP contribution in [0, 0.1) is 0 Å². The summed E-state index contributed by atoms with van der Waals surface area (Å²) in [4.78, 5) is 24.3. The van der Waals surface area contributed by atoms with Crippen molar-refractivity contribution in [3.8, 4) is 5.75 Å². The Kier molecular flexibility index (Phi) is 5.62. The number of ether oxygens (including phenoxy) is 1. The van der Waals surface area contributed by atoms with Crippen molar-refractivity contribution in [1.82, 2.24) is 0 Å². The highest BCUT2D eigenvalue weighted by molar-refractivity contribution is 6.32. The van der Waals surface area contributed by atoms with Crippen LogP contribution in [0.1, 0.15) is 28.4 Å². The number of nitrogens with zero attached hydrogens (tertiary/aromatic N) is 2. The lowest BCUT2D eigenvalue weighted by atomic mass is 10.1. The predicted octanol–water partition coefficient (Wildman–Crippen LogP) is 4.77. The van der Waals surface area contributed by atoms with Crippen LogP contribution in [0.15, 0.2) is 89.5 Å². The number of aromatic carboxylic acids is 1. The largest absolute Gasteiger partial charge is 0.488 e. The van der Waals surface area contributed by atoms with E-state index in [1.165, 1.54) is 17.1 Å². The summed E-state index contributed by atoms with van der Waals surface area (Å²) in [6.45, 7) is 2.16. The Morgan fingerprint density at radius 2 is 1.77 bits per heavy atom. The molecular weight excluding hydrogens is 392 g/mol. The summed E-state index contributed by atoms with van der Waals surface area (Å²) >= 11 is 0. The summed E-state index contributed by atoms with van der Waals surface area (Å²) in [6.07, 6.45) is 1.75. The van der Waals surface area contributed by atoms with E-state index in [0.717, 1.165) is 11.1 Å². The van der Waals surface area contributed by atoms with Crippen LogP contribution in [0.5, 0.6) is 5.75 Å². The molecule has 0 saturated heterocycles. The Hall–Kier alpha value is -4.19. The molecule has 0 bridgehead atoms. The van der Waals surface area contributed by atoms with E-state index in [1.807, 2.05) is 54.6 Å². The third-order valence-corrected chi connectivity index (χ3v) is 4.86. The number of hydrogen-bond acceptors (Lipinski definition) is 4. The Morgan fingerprint density at radius 1 is 1.03 bits per heavy atom. The smallest absolute Gasteiger partial charge is 0.335 e. The van der Waals surface area contributed by atoms with Gasteiger partial charge in [0.2, 0.25) is 0 Å². The van der Waals surface area contributed by atoms with Gasteiger partial charge in [-0.1, -0.05) is 54.6 Å². The molecule has 1 N–H and O–H groups in total. The summed E-state index contributed by atoms with van der Waals surface area (Å²) in [7, 11) is 0. The molecule has 6 heteroatoms. The highest BCUT2D eigenvalue weighted by atomic mass is 16.5. The fraction of sp³-hybridized carbons (Fsp3) is 0.0800. The van der Waals surface area contributed by atoms with Gasteiger partial charge in [-0.2, -0.15) is 10.1 Å². The van der Waals surface area contributed by atoms with Crippen LogP contribution in [-0.2, 0) is 11.4 Å². The molecule has 3 aromatic carbocycles. The second-order valence-corrected chi connectivity index (χ2v) is 7.03. The highest BCUT2D eigenvalue weighted by Crippen LogP contribution is 2.28. The first-order valence-electron chi connectivity index (χ1n) is 9.74. The lowest BCUT2D eigenvalue weighted by Crippen LogP contribution is -2.21. The number of hydrazone groups is 1. The number of hydrogen-bond donors (Lipinski definition) is 1. The topological polar surface area (TPSA) is 79.2 Å². The maximum atomic E-state index is 13.0. The van der Waals surface area contributed by atoms with Crippen LogP contribution in [0.25, 0.3) is 6.08 Å². The molecule has 1 amide bonds. The van der Waals surface area contributed by atoms with Gasteiger partial charge in [-0.3, -0.25) is 4.79 Å². The fourth-order valence-electron chi connectivity index (χ4n) is 3.25. The van der Waals surface area contributed by atoms with E-state index < -0.39 is 5.97 Å². The summed E-state index contributed by atoms with van der Waals surface area (Å²) in [5.41, 5.74) is 3.28. The first-order chi connectivity index (χ1) is 15.0. The van der Waals surface area contributed by atoms with E-state index in [0.29, 0.717) is 29.3 Å². The Bertz CT molecular complexity index is 1200. The molecule has 0 unspecified atom stereocenters. The van der Waals surface area contributed by atoms with Crippen LogP contribution in [-0.4, -0.2) is 22.7 Å². The van der Waals surface area contributed by atoms with Gasteiger partial charge in [0.25, 0.3) is 5.91 Å². The van der Waals surface area contributed by atoms with Crippen LogP contribution in [0.3, 0.4) is 0 Å². The highest BCUT2D eigenvalue weighted by Gasteiger charge is 2.29. The third kappa shape index (κ3) is 4.38. The molecule has 1 heterocycles. The summed E-state index contributed by atoms with van der Waals surface area (Å²) < 4.78 is 5.98. The molecule has 31 heavy (non-hydrogen) atoms. The summed E-state index contributed by atoms with van der Waals surface area (Å²) in [5, 5.41) is 14.8. The van der Waals surface area contributed by atoms with Gasteiger partial charge in [0.05, 0.1) is 22.5 Å². The van der Waals surface area contributed by atoms with Gasteiger partial charge in [0.15, 0.2) is 0 Å². The number of carbonyl (C=O) groups excluding carboxylic acids is 1. The van der Waals surface area contributed by atoms with Crippen LogP contribution in [0.2, 0.25) is 0 Å². The number of anilines is 1. The molecule has 1 aliphatic rings. The third-order valence-electron chi connectivity index (χ3n) is 4.86. The molecule has 4 rings (SSSR count). The van der Waals surface area contributed by atoms with Crippen molar-refractivity contribution in [3.63, 3.8) is 0 Å². The molecule has 0 spiro atoms. The second kappa shape index (κ2) is 8.67. The minimum atomic E-state index is -1.06. The Labute approximate surface area is 179 Å². The summed E-state index contributed by atoms with van der Waals surface area (Å²) in [5.74, 6) is -0.724. The van der Waals surface area contributed by atoms with Crippen molar-refractivity contribution < 1.29 is 19.4 Å². The maximum absolute atomic E-state index is 13.0. The van der Waals surface area contributed by atoms with E-state index in [1.54, 1.807) is 25.1 Å². The zero-order chi connectivity index (χ0) is 21.8. The van der Waals surface area contributed by atoms with Gasteiger partial charge in [-0.25, -0.2) is 4.79 Å². The van der Waals surface area contributed by atoms with E-state index in [-0.39, 0.29) is 11.5 Å². The molecule has 154 valence electrons. The van der Waals surface area contributed by atoms with E-state index in [2.05, 4.69) is 5.10 Å². The number of rotatable bonds is 6. The zero-order valence-corrected chi connectivity index (χ0v) is 16.9. The monoisotopic (exact) mass is 412 g/mol. The number of amides is 1. The van der Waals surface area contributed by atoms with Crippen molar-refractivity contribution in [2.45, 2.75) is 13.5 Å². The van der Waals surface area contributed by atoms with E-state index in [9.17, 15) is 14.7 Å². The molecule has 0 aliphatic carbocycles. The normalized spacial score (nSPS) is 14.6. The molecule has 0 radical (unpaired) electrons. The van der Waals surface area contributed by atoms with Crippen molar-refractivity contribution >= 4 is 29.4 Å². The lowest BCUT2D eigenvalue weighted by Gasteiger charge is -2.12. The molecule has 0 atom stereocenters. The molecule has 1 aliphatic heterocycles. The van der Waals surface area contributed by atoms with Gasteiger partial charge in [0, 0.05) is 5.56 Å². The van der Waals surface area contributed by atoms with Crippen LogP contribution in [0.4, 0.5) is 5.69 Å². The zero-order valence-electron chi connectivity index (χ0n) is 16.9. The average molecular weight is 412 g/mol. The molecule has 0 saturated carbocycles. The van der Waals surface area contributed by atoms with Gasteiger partial charge >= 0.3 is 5.97 Å². The summed E-state index contributed by atoms with van der Waals surface area (Å²) in [6, 6.07) is 23.5. The second-order valence-electron chi connectivity index (χ2n) is 7.03. The number of benzene rings is 3. The molecule has 3 aromatic rings. The van der Waals surface area contributed by atoms with Crippen molar-refractivity contribution in [2.75, 3.05) is 5.01 Å². The minimum Gasteiger partial charge on any atom is -0.488 e. The van der Waals surface area contributed by atoms with Crippen molar-refractivity contribution in [1.29, 1.82) is 0 Å². The van der Waals surface area contributed by atoms with Crippen LogP contribution >= 0.6 is 0 Å². The van der Waals surface area contributed by atoms with E-state index in [4.69, 9.17) is 4.74 Å². The number of carbonyl (C=O) groups is 2.